The lowest BCUT2D eigenvalue weighted by atomic mass is 10.3. The fraction of sp³-hybridized carbons (Fsp3) is 0.556. The normalized spacial score (nSPS) is 11.9. The monoisotopic (exact) mass is 191 g/mol. The average Bonchev–Trinajstić information content (AvgIpc) is 2.03. The predicted octanol–water partition coefficient (Wildman–Crippen LogP) is 1.46. The molecule has 0 aromatic rings. The molecular weight excluding hydrogens is 174 g/mol. The fourth-order valence-corrected chi connectivity index (χ4v) is 0.882. The minimum absolute atomic E-state index is 0. The van der Waals surface area contributed by atoms with Gasteiger partial charge in [0.2, 0.25) is 0 Å². The van der Waals surface area contributed by atoms with E-state index in [1.807, 2.05) is 19.1 Å². The van der Waals surface area contributed by atoms with Crippen LogP contribution in [0.1, 0.15) is 6.92 Å². The number of rotatable bonds is 6. The summed E-state index contributed by atoms with van der Waals surface area (Å²) in [6.45, 7) is 11.0. The molecule has 0 heterocycles. The van der Waals surface area contributed by atoms with E-state index in [0.29, 0.717) is 0 Å². The Hall–Kier alpha value is -0.310. The Labute approximate surface area is 81.0 Å². The van der Waals surface area contributed by atoms with Crippen LogP contribution >= 0.6 is 12.4 Å². The van der Waals surface area contributed by atoms with Crippen molar-refractivity contribution in [1.29, 1.82) is 0 Å². The first-order chi connectivity index (χ1) is 5.26. The van der Waals surface area contributed by atoms with Crippen molar-refractivity contribution in [2.24, 2.45) is 0 Å². The highest BCUT2D eigenvalue weighted by Crippen LogP contribution is 1.97. The zero-order chi connectivity index (χ0) is 8.69. The molecular formula is C9H18ClNO. The van der Waals surface area contributed by atoms with Crippen LogP contribution in [0.5, 0.6) is 0 Å². The van der Waals surface area contributed by atoms with Gasteiger partial charge in [0.15, 0.2) is 0 Å². The molecule has 0 aromatic carbocycles. The van der Waals surface area contributed by atoms with E-state index in [-0.39, 0.29) is 25.1 Å². The van der Waals surface area contributed by atoms with Crippen molar-refractivity contribution in [2.45, 2.75) is 13.0 Å². The smallest absolute Gasteiger partial charge is 0.0584 e. The quantitative estimate of drug-likeness (QED) is 0.643. The lowest BCUT2D eigenvalue weighted by Crippen LogP contribution is -2.35. The Morgan fingerprint density at radius 1 is 1.33 bits per heavy atom. The first kappa shape index (κ1) is 14.2. The molecule has 0 aliphatic rings. The van der Waals surface area contributed by atoms with Gasteiger partial charge in [0, 0.05) is 19.1 Å². The Bertz CT molecular complexity index is 118. The molecule has 0 rings (SSSR count). The van der Waals surface area contributed by atoms with Gasteiger partial charge in [0.1, 0.15) is 0 Å². The Morgan fingerprint density at radius 3 is 2.00 bits per heavy atom. The summed E-state index contributed by atoms with van der Waals surface area (Å²) in [5, 5.41) is 8.85. The third-order valence-corrected chi connectivity index (χ3v) is 1.61. The van der Waals surface area contributed by atoms with Crippen LogP contribution in [-0.2, 0) is 0 Å². The van der Waals surface area contributed by atoms with Crippen LogP contribution in [0.4, 0.5) is 0 Å². The lowest BCUT2D eigenvalue weighted by molar-refractivity contribution is 0.157. The molecule has 0 spiro atoms. The Kier molecular flexibility index (Phi) is 10.4. The average molecular weight is 192 g/mol. The number of aliphatic hydroxyl groups is 1. The second-order valence-corrected chi connectivity index (χ2v) is 2.56. The van der Waals surface area contributed by atoms with Crippen molar-refractivity contribution in [3.05, 3.63) is 25.3 Å². The SMILES string of the molecule is C=CCN(CC=C)C(C)CO.Cl. The van der Waals surface area contributed by atoms with Crippen LogP contribution in [-0.4, -0.2) is 35.7 Å². The molecule has 12 heavy (non-hydrogen) atoms. The summed E-state index contributed by atoms with van der Waals surface area (Å²) in [6, 6.07) is 0.186. The third kappa shape index (κ3) is 5.35. The summed E-state index contributed by atoms with van der Waals surface area (Å²) in [6.07, 6.45) is 3.66. The molecule has 1 N–H and O–H groups in total. The second-order valence-electron chi connectivity index (χ2n) is 2.56. The molecule has 0 fully saturated rings. The molecule has 2 nitrogen and oxygen atoms in total. The van der Waals surface area contributed by atoms with Gasteiger partial charge in [-0.1, -0.05) is 12.2 Å². The molecule has 0 amide bonds. The van der Waals surface area contributed by atoms with E-state index in [9.17, 15) is 0 Å². The van der Waals surface area contributed by atoms with Crippen LogP contribution in [0.3, 0.4) is 0 Å². The highest BCUT2D eigenvalue weighted by Gasteiger charge is 2.08. The van der Waals surface area contributed by atoms with Crippen molar-refractivity contribution in [1.82, 2.24) is 4.90 Å². The maximum atomic E-state index is 8.85. The summed E-state index contributed by atoms with van der Waals surface area (Å²) in [4.78, 5) is 2.10. The van der Waals surface area contributed by atoms with Gasteiger partial charge in [-0.05, 0) is 6.92 Å². The maximum Gasteiger partial charge on any atom is 0.0584 e. The van der Waals surface area contributed by atoms with E-state index in [4.69, 9.17) is 5.11 Å². The summed E-state index contributed by atoms with van der Waals surface area (Å²) in [5.74, 6) is 0. The van der Waals surface area contributed by atoms with E-state index >= 15 is 0 Å². The Morgan fingerprint density at radius 2 is 1.75 bits per heavy atom. The third-order valence-electron chi connectivity index (χ3n) is 1.61. The zero-order valence-corrected chi connectivity index (χ0v) is 8.39. The molecule has 0 aliphatic heterocycles. The van der Waals surface area contributed by atoms with Crippen LogP contribution in [0, 0.1) is 0 Å². The van der Waals surface area contributed by atoms with Gasteiger partial charge >= 0.3 is 0 Å². The van der Waals surface area contributed by atoms with Crippen molar-refractivity contribution < 1.29 is 5.11 Å². The van der Waals surface area contributed by atoms with Crippen molar-refractivity contribution in [3.8, 4) is 0 Å². The summed E-state index contributed by atoms with van der Waals surface area (Å²) in [7, 11) is 0. The first-order valence-corrected chi connectivity index (χ1v) is 3.83. The minimum atomic E-state index is 0. The van der Waals surface area contributed by atoms with Crippen LogP contribution in [0.25, 0.3) is 0 Å². The van der Waals surface area contributed by atoms with Crippen LogP contribution in [0.2, 0.25) is 0 Å². The summed E-state index contributed by atoms with van der Waals surface area (Å²) >= 11 is 0. The molecule has 0 saturated heterocycles. The van der Waals surface area contributed by atoms with E-state index in [0.717, 1.165) is 13.1 Å². The van der Waals surface area contributed by atoms with Gasteiger partial charge in [-0.3, -0.25) is 4.90 Å². The molecule has 72 valence electrons. The minimum Gasteiger partial charge on any atom is -0.395 e. The number of hydrogen-bond acceptors (Lipinski definition) is 2. The van der Waals surface area contributed by atoms with Gasteiger partial charge in [0.25, 0.3) is 0 Å². The molecule has 0 radical (unpaired) electrons. The van der Waals surface area contributed by atoms with E-state index < -0.39 is 0 Å². The standard InChI is InChI=1S/C9H17NO.ClH/c1-4-6-10(7-5-2)9(3)8-11;/h4-5,9,11H,1-2,6-8H2,3H3;1H. The number of hydrogen-bond donors (Lipinski definition) is 1. The lowest BCUT2D eigenvalue weighted by Gasteiger charge is -2.24. The summed E-state index contributed by atoms with van der Waals surface area (Å²) < 4.78 is 0. The van der Waals surface area contributed by atoms with Gasteiger partial charge in [-0.25, -0.2) is 0 Å². The van der Waals surface area contributed by atoms with Gasteiger partial charge in [-0.2, -0.15) is 0 Å². The molecule has 0 bridgehead atoms. The number of halogens is 1. The zero-order valence-electron chi connectivity index (χ0n) is 7.57. The molecule has 1 atom stereocenters. The molecule has 0 aliphatic carbocycles. The highest BCUT2D eigenvalue weighted by atomic mass is 35.5. The van der Waals surface area contributed by atoms with E-state index in [2.05, 4.69) is 18.1 Å². The van der Waals surface area contributed by atoms with E-state index in [1.165, 1.54) is 0 Å². The van der Waals surface area contributed by atoms with Crippen LogP contribution < -0.4 is 0 Å². The Balaban J connectivity index is 0. The maximum absolute atomic E-state index is 8.85. The molecule has 0 aromatic heterocycles. The van der Waals surface area contributed by atoms with Crippen molar-refractivity contribution in [3.63, 3.8) is 0 Å². The molecule has 0 saturated carbocycles. The van der Waals surface area contributed by atoms with Crippen LogP contribution in [0.15, 0.2) is 25.3 Å². The summed E-state index contributed by atoms with van der Waals surface area (Å²) in [5.41, 5.74) is 0. The fourth-order valence-electron chi connectivity index (χ4n) is 0.882. The second kappa shape index (κ2) is 8.78. The molecule has 3 heteroatoms. The van der Waals surface area contributed by atoms with Crippen molar-refractivity contribution >= 4 is 12.4 Å². The predicted molar refractivity (Wildman–Crippen MR) is 55.8 cm³/mol. The van der Waals surface area contributed by atoms with Crippen molar-refractivity contribution in [2.75, 3.05) is 19.7 Å². The van der Waals surface area contributed by atoms with Gasteiger partial charge in [-0.15, -0.1) is 25.6 Å². The van der Waals surface area contributed by atoms with Gasteiger partial charge < -0.3 is 5.11 Å². The first-order valence-electron chi connectivity index (χ1n) is 3.83. The molecule has 1 unspecified atom stereocenters. The number of nitrogens with zero attached hydrogens (tertiary/aromatic N) is 1. The highest BCUT2D eigenvalue weighted by molar-refractivity contribution is 5.85. The van der Waals surface area contributed by atoms with E-state index in [1.54, 1.807) is 0 Å². The largest absolute Gasteiger partial charge is 0.395 e. The number of aliphatic hydroxyl groups excluding tert-OH is 1. The topological polar surface area (TPSA) is 23.5 Å². The van der Waals surface area contributed by atoms with Gasteiger partial charge in [0.05, 0.1) is 6.61 Å².